The van der Waals surface area contributed by atoms with Crippen LogP contribution in [0.4, 0.5) is 11.4 Å². The first-order valence-electron chi connectivity index (χ1n) is 13.0. The van der Waals surface area contributed by atoms with Crippen molar-refractivity contribution in [2.45, 2.75) is 51.4 Å². The summed E-state index contributed by atoms with van der Waals surface area (Å²) in [6, 6.07) is 11.1. The number of aryl methyl sites for hydroxylation is 2. The minimum atomic E-state index is -0.327. The third kappa shape index (κ3) is 6.84. The number of carbonyl (C=O) groups is 2. The minimum absolute atomic E-state index is 0.0374. The molecule has 0 bridgehead atoms. The molecule has 10 nitrogen and oxygen atoms in total. The van der Waals surface area contributed by atoms with E-state index in [1.807, 2.05) is 36.4 Å². The van der Waals surface area contributed by atoms with Gasteiger partial charge >= 0.3 is 0 Å². The van der Waals surface area contributed by atoms with Crippen LogP contribution in [0.5, 0.6) is 11.8 Å². The molecule has 0 saturated carbocycles. The van der Waals surface area contributed by atoms with Crippen LogP contribution in [-0.2, 0) is 23.7 Å². The summed E-state index contributed by atoms with van der Waals surface area (Å²) in [5.41, 5.74) is 2.15. The van der Waals surface area contributed by atoms with Gasteiger partial charge < -0.3 is 19.3 Å². The summed E-state index contributed by atoms with van der Waals surface area (Å²) < 4.78 is 4.90. The van der Waals surface area contributed by atoms with Gasteiger partial charge in [0.15, 0.2) is 11.4 Å². The van der Waals surface area contributed by atoms with Gasteiger partial charge in [-0.3, -0.25) is 9.59 Å². The quantitative estimate of drug-likeness (QED) is 0.122. The summed E-state index contributed by atoms with van der Waals surface area (Å²) in [4.78, 5) is 24.4. The van der Waals surface area contributed by atoms with Gasteiger partial charge in [0.25, 0.3) is 11.8 Å². The third-order valence-corrected chi connectivity index (χ3v) is 7.75. The van der Waals surface area contributed by atoms with E-state index in [9.17, 15) is 19.8 Å². The number of fused-ring (bicyclic) bond motifs is 2. The molecule has 0 spiro atoms. The van der Waals surface area contributed by atoms with Crippen LogP contribution in [0.1, 0.15) is 51.4 Å². The normalized spacial score (nSPS) is 12.0. The molecule has 0 atom stereocenters. The van der Waals surface area contributed by atoms with Crippen molar-refractivity contribution in [1.82, 2.24) is 9.13 Å². The average molecular weight is 674 g/mol. The lowest BCUT2D eigenvalue weighted by Crippen LogP contribution is -1.93. The largest absolute Gasteiger partial charge is 0.493 e. The van der Waals surface area contributed by atoms with Crippen molar-refractivity contribution in [2.24, 2.45) is 34.6 Å². The number of benzene rings is 2. The third-order valence-electron chi connectivity index (χ3n) is 6.76. The number of hydrogen-bond acceptors (Lipinski definition) is 6. The van der Waals surface area contributed by atoms with Crippen LogP contribution < -0.4 is 0 Å². The van der Waals surface area contributed by atoms with Gasteiger partial charge in [0.2, 0.25) is 11.8 Å². The lowest BCUT2D eigenvalue weighted by Gasteiger charge is -2.00. The van der Waals surface area contributed by atoms with E-state index in [2.05, 4.69) is 52.3 Å². The molecule has 2 amide bonds. The number of rotatable bonds is 11. The van der Waals surface area contributed by atoms with E-state index >= 15 is 0 Å². The summed E-state index contributed by atoms with van der Waals surface area (Å²) in [7, 11) is 3.45. The van der Waals surface area contributed by atoms with Crippen molar-refractivity contribution in [2.75, 3.05) is 0 Å². The number of azo groups is 2. The predicted molar refractivity (Wildman–Crippen MR) is 161 cm³/mol. The molecule has 0 aliphatic heterocycles. The van der Waals surface area contributed by atoms with E-state index < -0.39 is 0 Å². The SMILES string of the molecule is Cn1c(O)c(N=NC(=O)CCCCCCCCC(=O)N=Nc2c(O)n(C)c3ccc(Br)cc23)c2cc(Br)ccc21. The molecular weight excluding hydrogens is 644 g/mol. The van der Waals surface area contributed by atoms with Crippen LogP contribution in [0.15, 0.2) is 65.8 Å². The molecule has 2 heterocycles. The Labute approximate surface area is 248 Å². The van der Waals surface area contributed by atoms with Crippen molar-refractivity contribution >= 4 is 76.9 Å². The number of carbonyl (C=O) groups excluding carboxylic acids is 2. The van der Waals surface area contributed by atoms with Gasteiger partial charge in [-0.2, -0.15) is 0 Å². The van der Waals surface area contributed by atoms with Gasteiger partial charge in [-0.05, 0) is 49.2 Å². The molecule has 0 unspecified atom stereocenters. The van der Waals surface area contributed by atoms with Crippen molar-refractivity contribution < 1.29 is 19.8 Å². The monoisotopic (exact) mass is 672 g/mol. The Balaban J connectivity index is 1.14. The number of unbranched alkanes of at least 4 members (excludes halogenated alkanes) is 5. The summed E-state index contributed by atoms with van der Waals surface area (Å²) in [5, 5.41) is 37.8. The second-order valence-corrected chi connectivity index (χ2v) is 11.4. The van der Waals surface area contributed by atoms with Crippen molar-refractivity contribution in [1.29, 1.82) is 0 Å². The fourth-order valence-electron chi connectivity index (χ4n) is 4.54. The van der Waals surface area contributed by atoms with Crippen molar-refractivity contribution in [3.8, 4) is 11.8 Å². The first-order valence-corrected chi connectivity index (χ1v) is 14.6. The molecule has 12 heteroatoms. The number of amides is 2. The smallest absolute Gasteiger partial charge is 0.264 e. The molecule has 4 rings (SSSR count). The summed E-state index contributed by atoms with van der Waals surface area (Å²) >= 11 is 6.83. The fraction of sp³-hybridized carbons (Fsp3) is 0.357. The summed E-state index contributed by atoms with van der Waals surface area (Å²) in [5.74, 6) is -0.729. The Kier molecular flexibility index (Phi) is 9.85. The molecule has 0 fully saturated rings. The number of hydrogen-bond donors (Lipinski definition) is 2. The Hall–Kier alpha value is -3.38. The molecule has 40 heavy (non-hydrogen) atoms. The van der Waals surface area contributed by atoms with Gasteiger partial charge in [-0.15, -0.1) is 20.5 Å². The predicted octanol–water partition coefficient (Wildman–Crippen LogP) is 8.65. The molecule has 0 aliphatic rings. The second kappa shape index (κ2) is 13.3. The van der Waals surface area contributed by atoms with Gasteiger partial charge in [-0.1, -0.05) is 57.5 Å². The van der Waals surface area contributed by atoms with Crippen molar-refractivity contribution in [3.05, 3.63) is 45.3 Å². The number of nitrogens with zero attached hydrogens (tertiary/aromatic N) is 6. The maximum absolute atomic E-state index is 12.2. The van der Waals surface area contributed by atoms with Crippen LogP contribution in [0.2, 0.25) is 0 Å². The van der Waals surface area contributed by atoms with E-state index in [1.54, 1.807) is 23.2 Å². The van der Waals surface area contributed by atoms with E-state index in [1.165, 1.54) is 0 Å². The molecule has 2 N–H and O–H groups in total. The molecular formula is C28H30Br2N6O4. The second-order valence-electron chi connectivity index (χ2n) is 9.59. The molecule has 4 aromatic rings. The lowest BCUT2D eigenvalue weighted by atomic mass is 10.1. The highest BCUT2D eigenvalue weighted by atomic mass is 79.9. The zero-order valence-corrected chi connectivity index (χ0v) is 25.4. The van der Waals surface area contributed by atoms with Crippen LogP contribution in [-0.4, -0.2) is 31.2 Å². The highest BCUT2D eigenvalue weighted by Crippen LogP contribution is 2.40. The molecule has 2 aromatic carbocycles. The zero-order valence-electron chi connectivity index (χ0n) is 22.3. The zero-order chi connectivity index (χ0) is 28.8. The fourth-order valence-corrected chi connectivity index (χ4v) is 5.26. The number of halogens is 2. The number of aromatic nitrogens is 2. The highest BCUT2D eigenvalue weighted by Gasteiger charge is 2.16. The molecule has 0 saturated heterocycles. The standard InChI is InChI=1S/C28H30Br2N6O4/c1-35-21-13-11-17(29)15-19(21)25(27(35)39)33-31-23(37)9-7-5-3-4-6-8-10-24(38)32-34-26-20-16-18(30)12-14-22(20)36(2)28(26)40/h11-16,39-40H,3-10H2,1-2H3. The summed E-state index contributed by atoms with van der Waals surface area (Å²) in [6.07, 6.45) is 5.60. The number of aromatic hydroxyl groups is 2. The maximum atomic E-state index is 12.2. The molecule has 0 aliphatic carbocycles. The van der Waals surface area contributed by atoms with Gasteiger partial charge in [0.1, 0.15) is 0 Å². The van der Waals surface area contributed by atoms with E-state index in [-0.39, 0.29) is 47.8 Å². The van der Waals surface area contributed by atoms with Gasteiger partial charge in [0, 0.05) is 46.7 Å². The van der Waals surface area contributed by atoms with Crippen LogP contribution in [0, 0.1) is 0 Å². The molecule has 2 aromatic heterocycles. The summed E-state index contributed by atoms with van der Waals surface area (Å²) in [6.45, 7) is 0. The first kappa shape index (κ1) is 29.6. The van der Waals surface area contributed by atoms with Crippen LogP contribution in [0.25, 0.3) is 21.8 Å². The van der Waals surface area contributed by atoms with E-state index in [0.29, 0.717) is 23.6 Å². The van der Waals surface area contributed by atoms with Crippen molar-refractivity contribution in [3.63, 3.8) is 0 Å². The lowest BCUT2D eigenvalue weighted by molar-refractivity contribution is -0.119. The minimum Gasteiger partial charge on any atom is -0.493 e. The Bertz CT molecular complexity index is 1500. The molecule has 210 valence electrons. The Morgan fingerprint density at radius 1 is 0.675 bits per heavy atom. The maximum Gasteiger partial charge on any atom is 0.264 e. The van der Waals surface area contributed by atoms with Crippen LogP contribution >= 0.6 is 31.9 Å². The average Bonchev–Trinajstić information content (AvgIpc) is 3.30. The van der Waals surface area contributed by atoms with Crippen LogP contribution in [0.3, 0.4) is 0 Å². The van der Waals surface area contributed by atoms with E-state index in [0.717, 1.165) is 45.7 Å². The van der Waals surface area contributed by atoms with E-state index in [4.69, 9.17) is 0 Å². The van der Waals surface area contributed by atoms with Gasteiger partial charge in [0.05, 0.1) is 11.0 Å². The first-order chi connectivity index (χ1) is 19.2. The highest BCUT2D eigenvalue weighted by molar-refractivity contribution is 9.10. The Morgan fingerprint density at radius 2 is 1.05 bits per heavy atom. The topological polar surface area (TPSA) is 134 Å². The Morgan fingerprint density at radius 3 is 1.45 bits per heavy atom. The molecule has 0 radical (unpaired) electrons. The van der Waals surface area contributed by atoms with Gasteiger partial charge in [-0.25, -0.2) is 0 Å².